The first-order valence-corrected chi connectivity index (χ1v) is 3.78. The van der Waals surface area contributed by atoms with Gasteiger partial charge < -0.3 is 0 Å². The summed E-state index contributed by atoms with van der Waals surface area (Å²) in [6.07, 6.45) is 5.00. The van der Waals surface area contributed by atoms with Crippen LogP contribution in [0.15, 0.2) is 24.5 Å². The lowest BCUT2D eigenvalue weighted by Crippen LogP contribution is -2.20. The van der Waals surface area contributed by atoms with E-state index >= 15 is 0 Å². The van der Waals surface area contributed by atoms with E-state index < -0.39 is 0 Å². The summed E-state index contributed by atoms with van der Waals surface area (Å²) < 4.78 is 0. The van der Waals surface area contributed by atoms with Gasteiger partial charge in [0, 0.05) is 25.2 Å². The minimum Gasteiger partial charge on any atom is -0.300 e. The number of hydrogen-bond donors (Lipinski definition) is 0. The molecule has 0 radical (unpaired) electrons. The van der Waals surface area contributed by atoms with Crippen LogP contribution in [0.1, 0.15) is 24.3 Å². The van der Waals surface area contributed by atoms with E-state index in [2.05, 4.69) is 4.98 Å². The van der Waals surface area contributed by atoms with E-state index in [1.807, 2.05) is 12.1 Å². The zero-order valence-electron chi connectivity index (χ0n) is 6.16. The van der Waals surface area contributed by atoms with E-state index in [1.54, 1.807) is 12.4 Å². The molecule has 1 aromatic rings. The molecule has 1 heterocycles. The van der Waals surface area contributed by atoms with Crippen molar-refractivity contribution in [2.24, 2.45) is 0 Å². The van der Waals surface area contributed by atoms with Gasteiger partial charge in [0.15, 0.2) is 0 Å². The SMILES string of the molecule is O=C1CC(c2ccncc2)C1. The van der Waals surface area contributed by atoms with Gasteiger partial charge in [-0.2, -0.15) is 0 Å². The molecule has 0 aliphatic heterocycles. The van der Waals surface area contributed by atoms with Crippen molar-refractivity contribution in [3.05, 3.63) is 30.1 Å². The zero-order chi connectivity index (χ0) is 7.68. The largest absolute Gasteiger partial charge is 0.300 e. The summed E-state index contributed by atoms with van der Waals surface area (Å²) in [4.78, 5) is 14.6. The van der Waals surface area contributed by atoms with Gasteiger partial charge in [-0.05, 0) is 23.6 Å². The van der Waals surface area contributed by atoms with Gasteiger partial charge in [-0.3, -0.25) is 9.78 Å². The number of carbonyl (C=O) groups is 1. The van der Waals surface area contributed by atoms with Crippen LogP contribution in [-0.2, 0) is 4.79 Å². The highest BCUT2D eigenvalue weighted by molar-refractivity contribution is 5.86. The Morgan fingerprint density at radius 3 is 2.45 bits per heavy atom. The van der Waals surface area contributed by atoms with Crippen molar-refractivity contribution in [3.63, 3.8) is 0 Å². The lowest BCUT2D eigenvalue weighted by molar-refractivity contribution is -0.124. The predicted octanol–water partition coefficient (Wildman–Crippen LogP) is 1.53. The zero-order valence-corrected chi connectivity index (χ0v) is 6.16. The van der Waals surface area contributed by atoms with Gasteiger partial charge in [-0.25, -0.2) is 0 Å². The van der Waals surface area contributed by atoms with Crippen molar-refractivity contribution in [2.45, 2.75) is 18.8 Å². The minimum absolute atomic E-state index is 0.381. The predicted molar refractivity (Wildman–Crippen MR) is 41.2 cm³/mol. The number of carbonyl (C=O) groups excluding carboxylic acids is 1. The molecule has 2 rings (SSSR count). The topological polar surface area (TPSA) is 30.0 Å². The number of Topliss-reactive ketones (excluding diaryl/α,β-unsaturated/α-hetero) is 1. The number of ketones is 1. The van der Waals surface area contributed by atoms with Gasteiger partial charge in [-0.15, -0.1) is 0 Å². The van der Waals surface area contributed by atoms with E-state index in [4.69, 9.17) is 0 Å². The molecule has 0 atom stereocenters. The van der Waals surface area contributed by atoms with Crippen molar-refractivity contribution in [3.8, 4) is 0 Å². The summed E-state index contributed by atoms with van der Waals surface area (Å²) in [5, 5.41) is 0. The Balaban J connectivity index is 2.13. The molecule has 56 valence electrons. The molecule has 0 bridgehead atoms. The van der Waals surface area contributed by atoms with E-state index in [0.717, 1.165) is 12.8 Å². The fraction of sp³-hybridized carbons (Fsp3) is 0.333. The normalized spacial score (nSPS) is 18.0. The molecular weight excluding hydrogens is 138 g/mol. The number of aromatic nitrogens is 1. The average molecular weight is 147 g/mol. The van der Waals surface area contributed by atoms with Crippen LogP contribution in [0.3, 0.4) is 0 Å². The van der Waals surface area contributed by atoms with Gasteiger partial charge in [0.1, 0.15) is 5.78 Å². The molecule has 11 heavy (non-hydrogen) atoms. The van der Waals surface area contributed by atoms with Gasteiger partial charge >= 0.3 is 0 Å². The molecule has 0 aromatic carbocycles. The third-order valence-corrected chi connectivity index (χ3v) is 2.13. The van der Waals surface area contributed by atoms with Crippen LogP contribution >= 0.6 is 0 Å². The molecule has 1 saturated carbocycles. The van der Waals surface area contributed by atoms with E-state index in [9.17, 15) is 4.79 Å². The van der Waals surface area contributed by atoms with Crippen LogP contribution in [0.5, 0.6) is 0 Å². The van der Waals surface area contributed by atoms with Crippen LogP contribution in [-0.4, -0.2) is 10.8 Å². The van der Waals surface area contributed by atoms with Crippen LogP contribution < -0.4 is 0 Å². The summed E-state index contributed by atoms with van der Waals surface area (Å²) >= 11 is 0. The van der Waals surface area contributed by atoms with Crippen molar-refractivity contribution >= 4 is 5.78 Å². The van der Waals surface area contributed by atoms with Crippen molar-refractivity contribution in [1.82, 2.24) is 4.98 Å². The van der Waals surface area contributed by atoms with E-state index in [0.29, 0.717) is 11.7 Å². The first-order chi connectivity index (χ1) is 5.36. The molecule has 1 aliphatic rings. The van der Waals surface area contributed by atoms with E-state index in [1.165, 1.54) is 5.56 Å². The molecule has 0 saturated heterocycles. The molecule has 0 amide bonds. The highest BCUT2D eigenvalue weighted by Crippen LogP contribution is 2.32. The van der Waals surface area contributed by atoms with E-state index in [-0.39, 0.29) is 0 Å². The number of pyridine rings is 1. The maximum atomic E-state index is 10.7. The molecule has 1 aromatic heterocycles. The second kappa shape index (κ2) is 2.46. The second-order valence-corrected chi connectivity index (χ2v) is 2.92. The Hall–Kier alpha value is -1.18. The second-order valence-electron chi connectivity index (χ2n) is 2.92. The fourth-order valence-corrected chi connectivity index (χ4v) is 1.36. The van der Waals surface area contributed by atoms with Crippen molar-refractivity contribution in [2.75, 3.05) is 0 Å². The van der Waals surface area contributed by atoms with Crippen LogP contribution in [0.4, 0.5) is 0 Å². The third kappa shape index (κ3) is 1.16. The summed E-state index contributed by atoms with van der Waals surface area (Å²) in [6.45, 7) is 0. The highest BCUT2D eigenvalue weighted by Gasteiger charge is 2.27. The Bertz CT molecular complexity index is 260. The Morgan fingerprint density at radius 1 is 1.27 bits per heavy atom. The van der Waals surface area contributed by atoms with Gasteiger partial charge in [0.2, 0.25) is 0 Å². The first-order valence-electron chi connectivity index (χ1n) is 3.78. The summed E-state index contributed by atoms with van der Waals surface area (Å²) in [7, 11) is 0. The number of rotatable bonds is 1. The summed E-state index contributed by atoms with van der Waals surface area (Å²) in [5.41, 5.74) is 1.25. The van der Waals surface area contributed by atoms with Gasteiger partial charge in [0.05, 0.1) is 0 Å². The van der Waals surface area contributed by atoms with Crippen molar-refractivity contribution in [1.29, 1.82) is 0 Å². The van der Waals surface area contributed by atoms with Crippen LogP contribution in [0, 0.1) is 0 Å². The molecule has 1 aliphatic carbocycles. The van der Waals surface area contributed by atoms with Crippen LogP contribution in [0.25, 0.3) is 0 Å². The lowest BCUT2D eigenvalue weighted by atomic mass is 9.79. The third-order valence-electron chi connectivity index (χ3n) is 2.13. The Labute approximate surface area is 65.3 Å². The first kappa shape index (κ1) is 6.53. The highest BCUT2D eigenvalue weighted by atomic mass is 16.1. The molecule has 1 fully saturated rings. The quantitative estimate of drug-likeness (QED) is 0.603. The number of nitrogens with zero attached hydrogens (tertiary/aromatic N) is 1. The maximum absolute atomic E-state index is 10.7. The smallest absolute Gasteiger partial charge is 0.134 e. The molecule has 0 N–H and O–H groups in total. The van der Waals surface area contributed by atoms with Crippen molar-refractivity contribution < 1.29 is 4.79 Å². The fourth-order valence-electron chi connectivity index (χ4n) is 1.36. The summed E-state index contributed by atoms with van der Waals surface area (Å²) in [6, 6.07) is 3.97. The molecule has 0 spiro atoms. The minimum atomic E-state index is 0.381. The molecule has 2 nitrogen and oxygen atoms in total. The molecule has 0 unspecified atom stereocenters. The monoisotopic (exact) mass is 147 g/mol. The number of hydrogen-bond acceptors (Lipinski definition) is 2. The van der Waals surface area contributed by atoms with Gasteiger partial charge in [-0.1, -0.05) is 0 Å². The molecular formula is C9H9NO. The Morgan fingerprint density at radius 2 is 1.91 bits per heavy atom. The lowest BCUT2D eigenvalue weighted by Gasteiger charge is -2.23. The standard InChI is InChI=1S/C9H9NO/c11-9-5-8(6-9)7-1-3-10-4-2-7/h1-4,8H,5-6H2. The Kier molecular flexibility index (Phi) is 1.46. The summed E-state index contributed by atoms with van der Waals surface area (Å²) in [5.74, 6) is 0.859. The molecule has 2 heteroatoms. The average Bonchev–Trinajstić information content (AvgIpc) is 2.01. The van der Waals surface area contributed by atoms with Gasteiger partial charge in [0.25, 0.3) is 0 Å². The van der Waals surface area contributed by atoms with Crippen LogP contribution in [0.2, 0.25) is 0 Å². The maximum Gasteiger partial charge on any atom is 0.134 e.